The van der Waals surface area contributed by atoms with Gasteiger partial charge in [-0.3, -0.25) is 0 Å². The van der Waals surface area contributed by atoms with Gasteiger partial charge in [0, 0.05) is 0 Å². The zero-order chi connectivity index (χ0) is 14.4. The zero-order valence-electron chi connectivity index (χ0n) is 13.2. The molecule has 0 heterocycles. The average Bonchev–Trinajstić information content (AvgIpc) is 2.97. The van der Waals surface area contributed by atoms with Gasteiger partial charge >= 0.3 is 136 Å². The Hall–Kier alpha value is -0.786. The van der Waals surface area contributed by atoms with Gasteiger partial charge in [0.2, 0.25) is 0 Å². The second-order valence-electron chi connectivity index (χ2n) is 6.07. The van der Waals surface area contributed by atoms with E-state index in [2.05, 4.69) is 74.5 Å². The van der Waals surface area contributed by atoms with Gasteiger partial charge in [-0.05, 0) is 0 Å². The molecule has 0 fully saturated rings. The third kappa shape index (κ3) is 3.23. The Morgan fingerprint density at radius 1 is 0.652 bits per heavy atom. The van der Waals surface area contributed by atoms with Gasteiger partial charge < -0.3 is 24.8 Å². The number of fused-ring (bicyclic) bond motifs is 2. The van der Waals surface area contributed by atoms with Gasteiger partial charge in [-0.2, -0.15) is 0 Å². The van der Waals surface area contributed by atoms with Crippen LogP contribution in [0.3, 0.4) is 0 Å². The molecule has 0 aromatic heterocycles. The molecule has 0 radical (unpaired) electrons. The molecule has 2 aliphatic rings. The summed E-state index contributed by atoms with van der Waals surface area (Å²) in [6.45, 7) is 4.63. The molecule has 0 bridgehead atoms. The fraction of sp³-hybridized carbons (Fsp3) is 0.200. The molecule has 0 amide bonds. The van der Waals surface area contributed by atoms with E-state index in [1.54, 1.807) is 22.3 Å². The minimum atomic E-state index is -0.137. The minimum Gasteiger partial charge on any atom is -1.00 e. The van der Waals surface area contributed by atoms with Crippen LogP contribution in [0.2, 0.25) is 0 Å². The van der Waals surface area contributed by atoms with E-state index >= 15 is 0 Å². The van der Waals surface area contributed by atoms with E-state index in [0.29, 0.717) is 8.45 Å². The Kier molecular flexibility index (Phi) is 5.97. The van der Waals surface area contributed by atoms with Crippen LogP contribution >= 0.6 is 0 Å². The average molecular weight is 377 g/mol. The van der Waals surface area contributed by atoms with Crippen molar-refractivity contribution in [2.45, 2.75) is 22.3 Å². The van der Waals surface area contributed by atoms with Crippen LogP contribution < -0.4 is 24.8 Å². The molecule has 0 aliphatic heterocycles. The zero-order valence-corrected chi connectivity index (χ0v) is 16.3. The first-order valence-electron chi connectivity index (χ1n) is 7.54. The van der Waals surface area contributed by atoms with Gasteiger partial charge in [-0.1, -0.05) is 0 Å². The number of hydrogen-bond donors (Lipinski definition) is 0. The fourth-order valence-electron chi connectivity index (χ4n) is 3.57. The summed E-state index contributed by atoms with van der Waals surface area (Å²) >= 11 is -0.137. The SMILES string of the molecule is CC1=Cc2ccccc2[CH]1[Ti+2][CH]1C(C)=Cc2ccccc21.[Cl-].[Cl-]. The van der Waals surface area contributed by atoms with Crippen molar-refractivity contribution < 1.29 is 44.0 Å². The minimum absolute atomic E-state index is 0. The van der Waals surface area contributed by atoms with Crippen LogP contribution in [0.1, 0.15) is 44.5 Å². The van der Waals surface area contributed by atoms with Gasteiger partial charge in [0.1, 0.15) is 0 Å². The van der Waals surface area contributed by atoms with Crippen LogP contribution in [0.5, 0.6) is 0 Å². The number of hydrogen-bond acceptors (Lipinski definition) is 0. The van der Waals surface area contributed by atoms with Crippen molar-refractivity contribution in [3.63, 3.8) is 0 Å². The second-order valence-corrected chi connectivity index (χ2v) is 8.39. The molecule has 0 N–H and O–H groups in total. The molecule has 116 valence electrons. The van der Waals surface area contributed by atoms with E-state index in [1.807, 2.05) is 0 Å². The van der Waals surface area contributed by atoms with Gasteiger partial charge in [0.15, 0.2) is 0 Å². The maximum Gasteiger partial charge on any atom is -1.00 e. The summed E-state index contributed by atoms with van der Waals surface area (Å²) in [5.41, 5.74) is 9.13. The van der Waals surface area contributed by atoms with E-state index in [-0.39, 0.29) is 44.0 Å². The van der Waals surface area contributed by atoms with Crippen molar-refractivity contribution >= 4 is 12.2 Å². The molecule has 0 saturated carbocycles. The van der Waals surface area contributed by atoms with E-state index in [9.17, 15) is 0 Å². The van der Waals surface area contributed by atoms with Gasteiger partial charge in [0.25, 0.3) is 0 Å². The maximum absolute atomic E-state index is 2.39. The molecule has 2 unspecified atom stereocenters. The van der Waals surface area contributed by atoms with Crippen molar-refractivity contribution in [2.75, 3.05) is 0 Å². The number of allylic oxidation sites excluding steroid dienone is 2. The molecule has 0 spiro atoms. The van der Waals surface area contributed by atoms with E-state index in [1.165, 1.54) is 11.1 Å². The van der Waals surface area contributed by atoms with Crippen LogP contribution in [0, 0.1) is 0 Å². The Bertz CT molecular complexity index is 711. The predicted molar refractivity (Wildman–Crippen MR) is 85.7 cm³/mol. The third-order valence-electron chi connectivity index (χ3n) is 4.62. The molecule has 2 aliphatic carbocycles. The van der Waals surface area contributed by atoms with Gasteiger partial charge in [-0.25, -0.2) is 0 Å². The van der Waals surface area contributed by atoms with Crippen molar-refractivity contribution in [1.82, 2.24) is 0 Å². The molecule has 2 atom stereocenters. The largest absolute Gasteiger partial charge is 1.00 e. The molecule has 4 rings (SSSR count). The monoisotopic (exact) mass is 376 g/mol. The smallest absolute Gasteiger partial charge is 1.00 e. The molecule has 3 heteroatoms. The summed E-state index contributed by atoms with van der Waals surface area (Å²) in [6.07, 6.45) is 4.78. The summed E-state index contributed by atoms with van der Waals surface area (Å²) < 4.78 is 1.39. The molecule has 23 heavy (non-hydrogen) atoms. The van der Waals surface area contributed by atoms with E-state index < -0.39 is 0 Å². The Balaban J connectivity index is 0.000000960. The maximum atomic E-state index is 2.39. The van der Waals surface area contributed by atoms with Crippen LogP contribution in [0.4, 0.5) is 0 Å². The van der Waals surface area contributed by atoms with E-state index in [0.717, 1.165) is 0 Å². The molecule has 2 aromatic rings. The van der Waals surface area contributed by atoms with Crippen LogP contribution in [-0.4, -0.2) is 0 Å². The molecular weight excluding hydrogens is 359 g/mol. The first-order valence-corrected chi connectivity index (χ1v) is 9.34. The molecule has 2 aromatic carbocycles. The number of halogens is 2. The topological polar surface area (TPSA) is 0 Å². The molecule has 0 saturated heterocycles. The van der Waals surface area contributed by atoms with Gasteiger partial charge in [-0.15, -0.1) is 0 Å². The van der Waals surface area contributed by atoms with Crippen molar-refractivity contribution in [1.29, 1.82) is 0 Å². The standard InChI is InChI=1S/2C10H9.2ClH.Ti/c2*1-8-6-9-4-2-3-5-10(9)7-8;;;/h2*2-7H,1H3;2*1H;/q;;;;+2/p-2. The predicted octanol–water partition coefficient (Wildman–Crippen LogP) is -0.607. The van der Waals surface area contributed by atoms with Crippen LogP contribution in [-0.2, 0) is 19.2 Å². The first-order chi connectivity index (χ1) is 10.2. The Labute approximate surface area is 159 Å². The second kappa shape index (κ2) is 7.41. The van der Waals surface area contributed by atoms with Crippen LogP contribution in [0.15, 0.2) is 59.7 Å². The Morgan fingerprint density at radius 2 is 1.04 bits per heavy atom. The quantitative estimate of drug-likeness (QED) is 0.613. The number of benzene rings is 2. The van der Waals surface area contributed by atoms with Crippen LogP contribution in [0.25, 0.3) is 12.2 Å². The summed E-state index contributed by atoms with van der Waals surface area (Å²) in [5, 5.41) is 0. The van der Waals surface area contributed by atoms with Crippen molar-refractivity contribution in [2.24, 2.45) is 0 Å². The summed E-state index contributed by atoms with van der Waals surface area (Å²) in [4.78, 5) is 0. The normalized spacial score (nSPS) is 20.3. The van der Waals surface area contributed by atoms with Crippen molar-refractivity contribution in [3.8, 4) is 0 Å². The fourth-order valence-corrected chi connectivity index (χ4v) is 6.55. The first kappa shape index (κ1) is 18.6. The van der Waals surface area contributed by atoms with E-state index in [4.69, 9.17) is 0 Å². The summed E-state index contributed by atoms with van der Waals surface area (Å²) in [7, 11) is 0. The summed E-state index contributed by atoms with van der Waals surface area (Å²) in [5.74, 6) is 0. The van der Waals surface area contributed by atoms with Crippen molar-refractivity contribution in [3.05, 3.63) is 81.9 Å². The number of rotatable bonds is 2. The molecular formula is C20H18Cl2Ti. The third-order valence-corrected chi connectivity index (χ3v) is 8.06. The Morgan fingerprint density at radius 3 is 1.48 bits per heavy atom. The van der Waals surface area contributed by atoms with Gasteiger partial charge in [0.05, 0.1) is 0 Å². The summed E-state index contributed by atoms with van der Waals surface area (Å²) in [6, 6.07) is 17.9. The molecule has 0 nitrogen and oxygen atoms in total.